The summed E-state index contributed by atoms with van der Waals surface area (Å²) in [5.41, 5.74) is 2.70. The van der Waals surface area contributed by atoms with Gasteiger partial charge in [-0.15, -0.1) is 0 Å². The van der Waals surface area contributed by atoms with Crippen molar-refractivity contribution in [2.75, 3.05) is 0 Å². The van der Waals surface area contributed by atoms with Gasteiger partial charge < -0.3 is 5.41 Å². The summed E-state index contributed by atoms with van der Waals surface area (Å²) in [4.78, 5) is 0. The van der Waals surface area contributed by atoms with Gasteiger partial charge in [-0.05, 0) is 28.6 Å². The maximum Gasteiger partial charge on any atom is 0.0357 e. The van der Waals surface area contributed by atoms with Gasteiger partial charge in [0.1, 0.15) is 0 Å². The highest BCUT2D eigenvalue weighted by atomic mass is 127. The number of hydrogen-bond acceptors (Lipinski definition) is 1. The Hall–Kier alpha value is -0.380. The zero-order valence-electron chi connectivity index (χ0n) is 7.52. The van der Waals surface area contributed by atoms with E-state index in [4.69, 9.17) is 5.41 Å². The van der Waals surface area contributed by atoms with Gasteiger partial charge in [0.2, 0.25) is 0 Å². The van der Waals surface area contributed by atoms with Crippen LogP contribution in [0.3, 0.4) is 0 Å². The van der Waals surface area contributed by atoms with Crippen LogP contribution in [-0.4, -0.2) is 5.71 Å². The Kier molecular flexibility index (Phi) is 5.98. The highest BCUT2D eigenvalue weighted by molar-refractivity contribution is 14.1. The van der Waals surface area contributed by atoms with Crippen LogP contribution in [0.25, 0.3) is 0 Å². The molecule has 0 aromatic heterocycles. The Balaban J connectivity index is 5.00. The smallest absolute Gasteiger partial charge is 0.0357 e. The molecule has 0 aliphatic rings. The molecule has 0 rings (SSSR count). The van der Waals surface area contributed by atoms with Crippen molar-refractivity contribution in [3.8, 4) is 0 Å². The van der Waals surface area contributed by atoms with Gasteiger partial charge in [-0.1, -0.05) is 48.2 Å². The van der Waals surface area contributed by atoms with E-state index in [1.54, 1.807) is 13.0 Å². The SMILES string of the molecule is C=C/C(C(C)=N)=C(/C=C\I)CC. The van der Waals surface area contributed by atoms with E-state index >= 15 is 0 Å². The van der Waals surface area contributed by atoms with Crippen molar-refractivity contribution in [2.24, 2.45) is 0 Å². The minimum absolute atomic E-state index is 0.580. The fourth-order valence-electron chi connectivity index (χ4n) is 0.999. The summed E-state index contributed by atoms with van der Waals surface area (Å²) in [5, 5.41) is 7.50. The van der Waals surface area contributed by atoms with Crippen molar-refractivity contribution < 1.29 is 0 Å². The quantitative estimate of drug-likeness (QED) is 0.457. The largest absolute Gasteiger partial charge is 0.305 e. The maximum atomic E-state index is 7.50. The lowest BCUT2D eigenvalue weighted by Crippen LogP contribution is -1.95. The van der Waals surface area contributed by atoms with Gasteiger partial charge in [0, 0.05) is 5.71 Å². The second-order valence-electron chi connectivity index (χ2n) is 2.41. The second-order valence-corrected chi connectivity index (χ2v) is 3.13. The molecule has 0 heterocycles. The molecule has 0 unspecified atom stereocenters. The van der Waals surface area contributed by atoms with E-state index in [0.717, 1.165) is 12.0 Å². The summed E-state index contributed by atoms with van der Waals surface area (Å²) in [7, 11) is 0. The van der Waals surface area contributed by atoms with Gasteiger partial charge in [-0.25, -0.2) is 0 Å². The van der Waals surface area contributed by atoms with E-state index in [1.165, 1.54) is 5.57 Å². The zero-order chi connectivity index (χ0) is 9.56. The standard InChI is InChI=1S/C10H14IN/c1-4-9(6-7-11)10(5-2)8(3)12/h5-7,12H,2,4H2,1,3H3/b7-6-,10-9-,12-8?. The molecule has 1 nitrogen and oxygen atoms in total. The molecule has 0 fully saturated rings. The minimum atomic E-state index is 0.580. The second kappa shape index (κ2) is 6.17. The van der Waals surface area contributed by atoms with E-state index in [2.05, 4.69) is 36.1 Å². The molecule has 0 aromatic rings. The fourth-order valence-corrected chi connectivity index (χ4v) is 1.43. The van der Waals surface area contributed by atoms with Gasteiger partial charge in [0.25, 0.3) is 0 Å². The van der Waals surface area contributed by atoms with Crippen molar-refractivity contribution in [3.05, 3.63) is 34.0 Å². The molecular formula is C10H14IN. The molecule has 0 amide bonds. The first-order valence-electron chi connectivity index (χ1n) is 3.85. The van der Waals surface area contributed by atoms with Crippen LogP contribution in [0, 0.1) is 5.41 Å². The minimum Gasteiger partial charge on any atom is -0.305 e. The molecule has 66 valence electrons. The molecule has 2 heteroatoms. The van der Waals surface area contributed by atoms with E-state index < -0.39 is 0 Å². The first-order valence-corrected chi connectivity index (χ1v) is 5.09. The van der Waals surface area contributed by atoms with Crippen LogP contribution in [0.4, 0.5) is 0 Å². The number of rotatable bonds is 4. The van der Waals surface area contributed by atoms with E-state index in [0.29, 0.717) is 5.71 Å². The third kappa shape index (κ3) is 3.34. The summed E-state index contributed by atoms with van der Waals surface area (Å²) in [6, 6.07) is 0. The molecule has 0 bridgehead atoms. The molecule has 0 radical (unpaired) electrons. The normalized spacial score (nSPS) is 12.9. The number of allylic oxidation sites excluding steroid dienone is 4. The van der Waals surface area contributed by atoms with Gasteiger partial charge in [0.15, 0.2) is 0 Å². The predicted molar refractivity (Wildman–Crippen MR) is 64.1 cm³/mol. The van der Waals surface area contributed by atoms with Crippen molar-refractivity contribution >= 4 is 28.3 Å². The third-order valence-corrected chi connectivity index (χ3v) is 1.96. The Labute approximate surface area is 87.9 Å². The number of nitrogens with one attached hydrogen (secondary N) is 1. The molecule has 0 atom stereocenters. The number of halogens is 1. The molecule has 0 spiro atoms. The predicted octanol–water partition coefficient (Wildman–Crippen LogP) is 3.87. The van der Waals surface area contributed by atoms with Crippen LogP contribution in [0.15, 0.2) is 34.0 Å². The molecule has 0 saturated carbocycles. The average Bonchev–Trinajstić information content (AvgIpc) is 2.03. The van der Waals surface area contributed by atoms with Crippen molar-refractivity contribution in [1.82, 2.24) is 0 Å². The molecule has 0 aliphatic heterocycles. The number of hydrogen-bond donors (Lipinski definition) is 1. The first kappa shape index (κ1) is 11.6. The summed E-state index contributed by atoms with van der Waals surface area (Å²) < 4.78 is 1.96. The highest BCUT2D eigenvalue weighted by Gasteiger charge is 2.00. The Bertz CT molecular complexity index is 236. The molecule has 1 N–H and O–H groups in total. The first-order chi connectivity index (χ1) is 5.67. The lowest BCUT2D eigenvalue weighted by molar-refractivity contribution is 1.14. The van der Waals surface area contributed by atoms with Gasteiger partial charge in [-0.2, -0.15) is 0 Å². The Morgan fingerprint density at radius 1 is 1.58 bits per heavy atom. The van der Waals surface area contributed by atoms with E-state index in [-0.39, 0.29) is 0 Å². The molecular weight excluding hydrogens is 261 g/mol. The van der Waals surface area contributed by atoms with Crippen LogP contribution in [0.5, 0.6) is 0 Å². The molecule has 0 saturated heterocycles. The topological polar surface area (TPSA) is 23.9 Å². The van der Waals surface area contributed by atoms with E-state index in [1.807, 2.05) is 10.2 Å². The monoisotopic (exact) mass is 275 g/mol. The van der Waals surface area contributed by atoms with Crippen LogP contribution in [-0.2, 0) is 0 Å². The summed E-state index contributed by atoms with van der Waals surface area (Å²) in [6.07, 6.45) is 4.71. The summed E-state index contributed by atoms with van der Waals surface area (Å²) in [5.74, 6) is 0. The zero-order valence-corrected chi connectivity index (χ0v) is 9.68. The van der Waals surface area contributed by atoms with Crippen molar-refractivity contribution in [3.63, 3.8) is 0 Å². The van der Waals surface area contributed by atoms with Crippen LogP contribution < -0.4 is 0 Å². The van der Waals surface area contributed by atoms with Crippen molar-refractivity contribution in [2.45, 2.75) is 20.3 Å². The van der Waals surface area contributed by atoms with Crippen molar-refractivity contribution in [1.29, 1.82) is 5.41 Å². The van der Waals surface area contributed by atoms with Gasteiger partial charge in [0.05, 0.1) is 0 Å². The van der Waals surface area contributed by atoms with E-state index in [9.17, 15) is 0 Å². The highest BCUT2D eigenvalue weighted by Crippen LogP contribution is 2.13. The van der Waals surface area contributed by atoms with Crippen LogP contribution in [0.1, 0.15) is 20.3 Å². The summed E-state index contributed by atoms with van der Waals surface area (Å²) >= 11 is 2.18. The molecule has 0 aromatic carbocycles. The van der Waals surface area contributed by atoms with Gasteiger partial charge >= 0.3 is 0 Å². The Morgan fingerprint density at radius 2 is 2.17 bits per heavy atom. The van der Waals surface area contributed by atoms with Crippen LogP contribution >= 0.6 is 22.6 Å². The summed E-state index contributed by atoms with van der Waals surface area (Å²) in [6.45, 7) is 7.57. The fraction of sp³-hybridized carbons (Fsp3) is 0.300. The van der Waals surface area contributed by atoms with Crippen LogP contribution in [0.2, 0.25) is 0 Å². The van der Waals surface area contributed by atoms with Gasteiger partial charge in [-0.3, -0.25) is 0 Å². The lowest BCUT2D eigenvalue weighted by Gasteiger charge is -2.04. The average molecular weight is 275 g/mol. The third-order valence-electron chi connectivity index (χ3n) is 1.60. The Morgan fingerprint density at radius 3 is 2.42 bits per heavy atom. The molecule has 12 heavy (non-hydrogen) atoms. The lowest BCUT2D eigenvalue weighted by atomic mass is 10.0. The maximum absolute atomic E-state index is 7.50. The molecule has 0 aliphatic carbocycles.